The normalized spacial score (nSPS) is 10.6. The second kappa shape index (κ2) is 8.73. The number of ether oxygens (including phenoxy) is 2. The highest BCUT2D eigenvalue weighted by Gasteiger charge is 2.15. The first-order valence-corrected chi connectivity index (χ1v) is 6.73. The number of nitro benzene ring substituents is 1. The summed E-state index contributed by atoms with van der Waals surface area (Å²) in [6.45, 7) is 2.45. The van der Waals surface area contributed by atoms with Crippen LogP contribution in [-0.2, 0) is 15.4 Å². The van der Waals surface area contributed by atoms with E-state index >= 15 is 0 Å². The van der Waals surface area contributed by atoms with Gasteiger partial charge in [-0.3, -0.25) is 10.1 Å². The van der Waals surface area contributed by atoms with Gasteiger partial charge >= 0.3 is 0 Å². The second-order valence-corrected chi connectivity index (χ2v) is 4.44. The summed E-state index contributed by atoms with van der Waals surface area (Å²) >= 11 is 5.91. The van der Waals surface area contributed by atoms with Crippen LogP contribution in [0.2, 0.25) is 0 Å². The van der Waals surface area contributed by atoms with Crippen LogP contribution in [0.4, 0.5) is 11.4 Å². The molecule has 1 aromatic rings. The van der Waals surface area contributed by atoms with Crippen LogP contribution in [0.15, 0.2) is 18.2 Å². The number of anilines is 1. The van der Waals surface area contributed by atoms with E-state index in [4.69, 9.17) is 21.1 Å². The van der Waals surface area contributed by atoms with Gasteiger partial charge in [-0.1, -0.05) is 0 Å². The summed E-state index contributed by atoms with van der Waals surface area (Å²) in [7, 11) is 3.26. The van der Waals surface area contributed by atoms with Crippen LogP contribution in [0.5, 0.6) is 0 Å². The van der Waals surface area contributed by atoms with Gasteiger partial charge in [-0.15, -0.1) is 11.6 Å². The molecule has 0 amide bonds. The van der Waals surface area contributed by atoms with Crippen molar-refractivity contribution in [1.29, 1.82) is 0 Å². The lowest BCUT2D eigenvalue weighted by molar-refractivity contribution is -0.384. The van der Waals surface area contributed by atoms with Crippen LogP contribution in [0, 0.1) is 10.1 Å². The number of hydrogen-bond acceptors (Lipinski definition) is 5. The number of methoxy groups -OCH3 is 2. The molecule has 0 aliphatic carbocycles. The lowest BCUT2D eigenvalue weighted by Crippen LogP contribution is -2.31. The Balaban J connectivity index is 3.00. The van der Waals surface area contributed by atoms with Crippen LogP contribution in [0.3, 0.4) is 0 Å². The fourth-order valence-corrected chi connectivity index (χ4v) is 2.07. The summed E-state index contributed by atoms with van der Waals surface area (Å²) in [6, 6.07) is 4.72. The first kappa shape index (κ1) is 16.7. The molecule has 0 aliphatic heterocycles. The molecule has 20 heavy (non-hydrogen) atoms. The number of non-ortho nitro benzene ring substituents is 1. The zero-order valence-electron chi connectivity index (χ0n) is 11.7. The van der Waals surface area contributed by atoms with Gasteiger partial charge in [0.1, 0.15) is 0 Å². The van der Waals surface area contributed by atoms with Crippen molar-refractivity contribution in [3.63, 3.8) is 0 Å². The molecule has 0 aliphatic rings. The predicted octanol–water partition coefficient (Wildman–Crippen LogP) is 2.43. The van der Waals surface area contributed by atoms with Gasteiger partial charge in [0.15, 0.2) is 0 Å². The molecule has 0 bridgehead atoms. The quantitative estimate of drug-likeness (QED) is 0.398. The molecule has 0 fully saturated rings. The third kappa shape index (κ3) is 4.63. The molecule has 0 saturated carbocycles. The summed E-state index contributed by atoms with van der Waals surface area (Å²) in [5.74, 6) is 0.216. The van der Waals surface area contributed by atoms with Gasteiger partial charge in [0, 0.05) is 51.0 Å². The van der Waals surface area contributed by atoms with Crippen molar-refractivity contribution in [2.24, 2.45) is 0 Å². The molecular weight excluding hydrogens is 284 g/mol. The van der Waals surface area contributed by atoms with Crippen molar-refractivity contribution in [1.82, 2.24) is 0 Å². The van der Waals surface area contributed by atoms with Gasteiger partial charge in [0.05, 0.1) is 18.1 Å². The zero-order chi connectivity index (χ0) is 15.0. The Morgan fingerprint density at radius 2 is 1.85 bits per heavy atom. The minimum atomic E-state index is -0.422. The molecule has 0 N–H and O–H groups in total. The average molecular weight is 303 g/mol. The van der Waals surface area contributed by atoms with Crippen molar-refractivity contribution < 1.29 is 14.4 Å². The molecular formula is C13H19ClN2O4. The molecule has 0 saturated heterocycles. The first-order valence-electron chi connectivity index (χ1n) is 6.20. The van der Waals surface area contributed by atoms with Gasteiger partial charge < -0.3 is 14.4 Å². The summed E-state index contributed by atoms with van der Waals surface area (Å²) in [5.41, 5.74) is 1.65. The maximum absolute atomic E-state index is 10.8. The van der Waals surface area contributed by atoms with Gasteiger partial charge in [-0.25, -0.2) is 0 Å². The maximum atomic E-state index is 10.8. The van der Waals surface area contributed by atoms with Crippen LogP contribution in [0.25, 0.3) is 0 Å². The van der Waals surface area contributed by atoms with Crippen molar-refractivity contribution in [2.75, 3.05) is 45.4 Å². The van der Waals surface area contributed by atoms with Crippen molar-refractivity contribution in [2.45, 2.75) is 5.88 Å². The maximum Gasteiger partial charge on any atom is 0.269 e. The van der Waals surface area contributed by atoms with Crippen molar-refractivity contribution >= 4 is 23.0 Å². The average Bonchev–Trinajstić information content (AvgIpc) is 2.47. The third-order valence-corrected chi connectivity index (χ3v) is 3.18. The van der Waals surface area contributed by atoms with E-state index in [9.17, 15) is 10.1 Å². The molecule has 7 heteroatoms. The monoisotopic (exact) mass is 302 g/mol. The lowest BCUT2D eigenvalue weighted by Gasteiger charge is -2.26. The summed E-state index contributed by atoms with van der Waals surface area (Å²) in [5, 5.41) is 10.8. The van der Waals surface area contributed by atoms with Crippen molar-refractivity contribution in [3.05, 3.63) is 33.9 Å². The van der Waals surface area contributed by atoms with Crippen LogP contribution in [-0.4, -0.2) is 45.4 Å². The number of halogens is 1. The van der Waals surface area contributed by atoms with Crippen LogP contribution >= 0.6 is 11.6 Å². The number of hydrogen-bond donors (Lipinski definition) is 0. The van der Waals surface area contributed by atoms with E-state index in [1.54, 1.807) is 20.3 Å². The fraction of sp³-hybridized carbons (Fsp3) is 0.538. The van der Waals surface area contributed by atoms with Crippen LogP contribution in [0.1, 0.15) is 5.56 Å². The van der Waals surface area contributed by atoms with E-state index in [2.05, 4.69) is 4.90 Å². The number of nitro groups is 1. The molecule has 0 unspecified atom stereocenters. The van der Waals surface area contributed by atoms with Gasteiger partial charge in [-0.2, -0.15) is 0 Å². The van der Waals surface area contributed by atoms with E-state index in [1.165, 1.54) is 12.1 Å². The van der Waals surface area contributed by atoms with Crippen molar-refractivity contribution in [3.8, 4) is 0 Å². The Hall–Kier alpha value is -1.37. The Kier molecular flexibility index (Phi) is 7.28. The molecule has 1 rings (SSSR count). The number of benzene rings is 1. The topological polar surface area (TPSA) is 64.8 Å². The Morgan fingerprint density at radius 1 is 1.25 bits per heavy atom. The Labute approximate surface area is 123 Å². The van der Waals surface area contributed by atoms with Crippen LogP contribution < -0.4 is 4.90 Å². The predicted molar refractivity (Wildman–Crippen MR) is 78.6 cm³/mol. The molecule has 0 heterocycles. The highest BCUT2D eigenvalue weighted by Crippen LogP contribution is 2.26. The van der Waals surface area contributed by atoms with E-state index in [0.29, 0.717) is 26.3 Å². The smallest absolute Gasteiger partial charge is 0.269 e. The third-order valence-electron chi connectivity index (χ3n) is 2.89. The molecule has 6 nitrogen and oxygen atoms in total. The first-order chi connectivity index (χ1) is 9.63. The van der Waals surface area contributed by atoms with E-state index in [-0.39, 0.29) is 11.6 Å². The SMILES string of the molecule is COCCN(CCOC)c1ccc([N+](=O)[O-])cc1CCl. The Bertz CT molecular complexity index is 434. The van der Waals surface area contributed by atoms with E-state index < -0.39 is 4.92 Å². The molecule has 0 radical (unpaired) electrons. The standard InChI is InChI=1S/C13H19ClN2O4/c1-19-7-5-15(6-8-20-2)13-4-3-12(16(17)18)9-11(13)10-14/h3-4,9H,5-8,10H2,1-2H3. The highest BCUT2D eigenvalue weighted by molar-refractivity contribution is 6.17. The molecule has 0 atom stereocenters. The summed E-state index contributed by atoms with van der Waals surface area (Å²) < 4.78 is 10.2. The zero-order valence-corrected chi connectivity index (χ0v) is 12.4. The molecule has 1 aromatic carbocycles. The minimum absolute atomic E-state index is 0.0443. The summed E-state index contributed by atoms with van der Waals surface area (Å²) in [6.07, 6.45) is 0. The van der Waals surface area contributed by atoms with Gasteiger partial charge in [-0.05, 0) is 11.6 Å². The minimum Gasteiger partial charge on any atom is -0.383 e. The lowest BCUT2D eigenvalue weighted by atomic mass is 10.1. The fourth-order valence-electron chi connectivity index (χ4n) is 1.86. The molecule has 0 aromatic heterocycles. The second-order valence-electron chi connectivity index (χ2n) is 4.18. The molecule has 0 spiro atoms. The number of rotatable bonds is 9. The Morgan fingerprint density at radius 3 is 2.30 bits per heavy atom. The number of alkyl halides is 1. The largest absolute Gasteiger partial charge is 0.383 e. The van der Waals surface area contributed by atoms with E-state index in [0.717, 1.165) is 11.3 Å². The summed E-state index contributed by atoms with van der Waals surface area (Å²) in [4.78, 5) is 12.4. The van der Waals surface area contributed by atoms with E-state index in [1.807, 2.05) is 0 Å². The van der Waals surface area contributed by atoms with Gasteiger partial charge in [0.25, 0.3) is 5.69 Å². The van der Waals surface area contributed by atoms with Gasteiger partial charge in [0.2, 0.25) is 0 Å². The number of nitrogens with zero attached hydrogens (tertiary/aromatic N) is 2. The molecule has 112 valence electrons. The highest BCUT2D eigenvalue weighted by atomic mass is 35.5.